The number of hydrogen-bond acceptors (Lipinski definition) is 9. The number of fused-ring (bicyclic) bond motifs is 2. The molecule has 2 aromatic carbocycles. The van der Waals surface area contributed by atoms with Gasteiger partial charge in [-0.1, -0.05) is 74.9 Å². The molecule has 252 valence electrons. The normalized spacial score (nSPS) is 33.6. The molecule has 0 saturated carbocycles. The monoisotopic (exact) mass is 638 g/mol. The van der Waals surface area contributed by atoms with Crippen molar-refractivity contribution >= 4 is 11.8 Å². The summed E-state index contributed by atoms with van der Waals surface area (Å²) in [7, 11) is 6.37. The molecule has 0 unspecified atom stereocenters. The Morgan fingerprint density at radius 3 is 2.17 bits per heavy atom. The van der Waals surface area contributed by atoms with Crippen LogP contribution in [0.3, 0.4) is 0 Å². The summed E-state index contributed by atoms with van der Waals surface area (Å²) in [6, 6.07) is 17.1. The lowest BCUT2D eigenvalue weighted by Crippen LogP contribution is -2.65. The lowest BCUT2D eigenvalue weighted by molar-refractivity contribution is -0.297. The molecule has 2 heterocycles. The third-order valence-electron chi connectivity index (χ3n) is 9.42. The van der Waals surface area contributed by atoms with E-state index >= 15 is 0 Å². The molecule has 0 spiro atoms. The van der Waals surface area contributed by atoms with E-state index in [2.05, 4.69) is 0 Å². The third-order valence-corrected chi connectivity index (χ3v) is 9.42. The highest BCUT2D eigenvalue weighted by Crippen LogP contribution is 2.42. The van der Waals surface area contributed by atoms with Gasteiger partial charge in [-0.2, -0.15) is 0 Å². The van der Waals surface area contributed by atoms with E-state index in [1.807, 2.05) is 80.6 Å². The number of hydrogen-bond donors (Lipinski definition) is 0. The van der Waals surface area contributed by atoms with Crippen LogP contribution in [0.2, 0.25) is 0 Å². The highest BCUT2D eigenvalue weighted by atomic mass is 16.7. The Bertz CT molecular complexity index is 1280. The molecule has 2 aromatic rings. The first-order valence-corrected chi connectivity index (χ1v) is 16.2. The number of ether oxygens (including phenoxy) is 7. The van der Waals surface area contributed by atoms with Crippen molar-refractivity contribution in [1.29, 1.82) is 0 Å². The summed E-state index contributed by atoms with van der Waals surface area (Å²) in [4.78, 5) is 28.4. The smallest absolute Gasteiger partial charge is 0.315 e. The van der Waals surface area contributed by atoms with Gasteiger partial charge in [0.15, 0.2) is 0 Å². The van der Waals surface area contributed by atoms with E-state index in [0.717, 1.165) is 36.1 Å². The average Bonchev–Trinajstić information content (AvgIpc) is 3.08. The second kappa shape index (κ2) is 16.7. The largest absolute Gasteiger partial charge is 0.497 e. The molecule has 4 rings (SSSR count). The lowest BCUT2D eigenvalue weighted by Gasteiger charge is -2.48. The van der Waals surface area contributed by atoms with Crippen molar-refractivity contribution in [3.63, 3.8) is 0 Å². The van der Waals surface area contributed by atoms with Crippen LogP contribution in [0.1, 0.15) is 63.7 Å². The standard InChI is InChI=1S/C37H50O9/c1-24-17-22-32(42-6)31(41-5)16-12-11-15-30(28-13-9-8-10-14-28)45-36(39)26(3)37(43-7)35(38)34(25(2)33(24)46-37)44-23-27-18-20-29(40-4)21-19-27/h8-10,13-14,17-22,24-26,30-34H,11-12,15-16,23H2,1-7H3/b22-17+/t24-,25+,26+,30-,31-,32+,33-,34-,37+/m0/s1. The van der Waals surface area contributed by atoms with Crippen LogP contribution in [0.15, 0.2) is 66.7 Å². The summed E-state index contributed by atoms with van der Waals surface area (Å²) in [5.41, 5.74) is 1.76. The number of ketones is 1. The van der Waals surface area contributed by atoms with Crippen molar-refractivity contribution in [1.82, 2.24) is 0 Å². The first kappa shape index (κ1) is 35.8. The second-order valence-corrected chi connectivity index (χ2v) is 12.3. The van der Waals surface area contributed by atoms with Crippen molar-refractivity contribution in [2.45, 2.75) is 89.4 Å². The third kappa shape index (κ3) is 8.06. The van der Waals surface area contributed by atoms with E-state index < -0.39 is 41.8 Å². The number of rotatable bonds is 8. The van der Waals surface area contributed by atoms with Gasteiger partial charge in [-0.3, -0.25) is 9.59 Å². The van der Waals surface area contributed by atoms with Gasteiger partial charge in [-0.25, -0.2) is 0 Å². The molecule has 9 heteroatoms. The fourth-order valence-electron chi connectivity index (χ4n) is 6.54. The molecule has 0 aliphatic carbocycles. The zero-order valence-electron chi connectivity index (χ0n) is 28.2. The highest BCUT2D eigenvalue weighted by molar-refractivity contribution is 5.95. The van der Waals surface area contributed by atoms with Gasteiger partial charge >= 0.3 is 5.97 Å². The van der Waals surface area contributed by atoms with Gasteiger partial charge in [0.2, 0.25) is 11.6 Å². The van der Waals surface area contributed by atoms with Crippen LogP contribution in [-0.4, -0.2) is 70.4 Å². The molecule has 2 aliphatic rings. The predicted octanol–water partition coefficient (Wildman–Crippen LogP) is 6.24. The summed E-state index contributed by atoms with van der Waals surface area (Å²) in [5, 5.41) is 0. The summed E-state index contributed by atoms with van der Waals surface area (Å²) < 4.78 is 42.1. The molecule has 1 saturated heterocycles. The summed E-state index contributed by atoms with van der Waals surface area (Å²) in [5.74, 6) is -3.86. The van der Waals surface area contributed by atoms with Crippen LogP contribution >= 0.6 is 0 Å². The molecule has 2 bridgehead atoms. The van der Waals surface area contributed by atoms with E-state index in [-0.39, 0.29) is 30.7 Å². The molecule has 9 nitrogen and oxygen atoms in total. The molecule has 1 fully saturated rings. The minimum absolute atomic E-state index is 0.163. The predicted molar refractivity (Wildman–Crippen MR) is 173 cm³/mol. The van der Waals surface area contributed by atoms with Gasteiger partial charge in [0.05, 0.1) is 25.9 Å². The van der Waals surface area contributed by atoms with E-state index in [1.165, 1.54) is 7.11 Å². The van der Waals surface area contributed by atoms with Crippen molar-refractivity contribution in [3.05, 3.63) is 77.9 Å². The maximum atomic E-state index is 14.4. The highest BCUT2D eigenvalue weighted by Gasteiger charge is 2.60. The average molecular weight is 639 g/mol. The van der Waals surface area contributed by atoms with Gasteiger partial charge in [-0.15, -0.1) is 0 Å². The number of carbonyl (C=O) groups is 2. The lowest BCUT2D eigenvalue weighted by atomic mass is 9.78. The number of cyclic esters (lactones) is 1. The molecule has 2 aliphatic heterocycles. The van der Waals surface area contributed by atoms with E-state index in [4.69, 9.17) is 33.2 Å². The second-order valence-electron chi connectivity index (χ2n) is 12.3. The van der Waals surface area contributed by atoms with Gasteiger partial charge in [-0.05, 0) is 49.4 Å². The minimum Gasteiger partial charge on any atom is -0.497 e. The zero-order chi connectivity index (χ0) is 33.3. The van der Waals surface area contributed by atoms with Crippen LogP contribution in [0.25, 0.3) is 0 Å². The topological polar surface area (TPSA) is 98.8 Å². The molecule has 0 N–H and O–H groups in total. The zero-order valence-corrected chi connectivity index (χ0v) is 28.2. The van der Waals surface area contributed by atoms with Crippen LogP contribution in [0.4, 0.5) is 0 Å². The first-order valence-electron chi connectivity index (χ1n) is 16.2. The number of carbonyl (C=O) groups excluding carboxylic acids is 2. The van der Waals surface area contributed by atoms with Crippen molar-refractivity contribution in [3.8, 4) is 5.75 Å². The van der Waals surface area contributed by atoms with Crippen LogP contribution in [0, 0.1) is 17.8 Å². The first-order chi connectivity index (χ1) is 22.2. The Morgan fingerprint density at radius 1 is 0.848 bits per heavy atom. The van der Waals surface area contributed by atoms with Gasteiger partial charge < -0.3 is 33.2 Å². The number of methoxy groups -OCH3 is 4. The van der Waals surface area contributed by atoms with Gasteiger partial charge in [0, 0.05) is 33.2 Å². The molecule has 0 radical (unpaired) electrons. The summed E-state index contributed by atoms with van der Waals surface area (Å²) in [6.45, 7) is 5.76. The molecule has 0 aromatic heterocycles. The molecule has 46 heavy (non-hydrogen) atoms. The SMILES string of the molecule is COc1ccc(CO[C@@H]2C(=O)[C@]3(OC)O[C@H]([C@H]2C)[C@@H](C)/C=C/[C@@H](OC)[C@@H](OC)CCCC[C@@H](c2ccccc2)OC(=O)[C@H]3C)cc1. The van der Waals surface area contributed by atoms with E-state index in [9.17, 15) is 9.59 Å². The Hall–Kier alpha value is -3.08. The molecule has 9 atom stereocenters. The van der Waals surface area contributed by atoms with E-state index in [0.29, 0.717) is 6.42 Å². The molecular formula is C37H50O9. The van der Waals surface area contributed by atoms with Crippen molar-refractivity contribution in [2.75, 3.05) is 28.4 Å². The quantitative estimate of drug-likeness (QED) is 0.246. The van der Waals surface area contributed by atoms with Crippen LogP contribution in [0.5, 0.6) is 5.75 Å². The fourth-order valence-corrected chi connectivity index (χ4v) is 6.54. The maximum Gasteiger partial charge on any atom is 0.315 e. The summed E-state index contributed by atoms with van der Waals surface area (Å²) >= 11 is 0. The number of benzene rings is 2. The van der Waals surface area contributed by atoms with Crippen LogP contribution < -0.4 is 4.74 Å². The van der Waals surface area contributed by atoms with Crippen molar-refractivity contribution in [2.24, 2.45) is 17.8 Å². The molecular weight excluding hydrogens is 588 g/mol. The fraction of sp³-hybridized carbons (Fsp3) is 0.568. The number of Topliss-reactive ketones (excluding diaryl/α,β-unsaturated/α-hetero) is 1. The Labute approximate surface area is 273 Å². The van der Waals surface area contributed by atoms with Crippen LogP contribution in [-0.2, 0) is 44.6 Å². The van der Waals surface area contributed by atoms with E-state index in [1.54, 1.807) is 28.3 Å². The van der Waals surface area contributed by atoms with Gasteiger partial charge in [0.1, 0.15) is 30.0 Å². The summed E-state index contributed by atoms with van der Waals surface area (Å²) in [6.07, 6.45) is 4.65. The Balaban J connectivity index is 1.73. The van der Waals surface area contributed by atoms with Crippen molar-refractivity contribution < 1.29 is 42.7 Å². The Kier molecular flexibility index (Phi) is 13.0. The minimum atomic E-state index is -1.92. The number of esters is 1. The van der Waals surface area contributed by atoms with Gasteiger partial charge in [0.25, 0.3) is 0 Å². The maximum absolute atomic E-state index is 14.4. The Morgan fingerprint density at radius 2 is 1.54 bits per heavy atom. The molecule has 0 amide bonds.